The zero-order chi connectivity index (χ0) is 19.7. The zero-order valence-corrected chi connectivity index (χ0v) is 15.4. The number of carbonyl (C=O) groups excluding carboxylic acids is 3. The van der Waals surface area contributed by atoms with Gasteiger partial charge in [-0.15, -0.1) is 0 Å². The van der Waals surface area contributed by atoms with Crippen LogP contribution < -0.4 is 15.0 Å². The molecule has 2 aliphatic heterocycles. The van der Waals surface area contributed by atoms with E-state index in [1.54, 1.807) is 30.3 Å². The van der Waals surface area contributed by atoms with Gasteiger partial charge in [0.05, 0.1) is 30.0 Å². The first-order valence-corrected chi connectivity index (χ1v) is 9.16. The number of methoxy groups -OCH3 is 1. The zero-order valence-electron chi connectivity index (χ0n) is 15.4. The number of rotatable bonds is 5. The summed E-state index contributed by atoms with van der Waals surface area (Å²) in [6.45, 7) is 1.14. The van der Waals surface area contributed by atoms with Gasteiger partial charge in [0, 0.05) is 18.7 Å². The number of nitrogens with zero attached hydrogens (tertiary/aromatic N) is 1. The van der Waals surface area contributed by atoms with E-state index in [9.17, 15) is 14.4 Å². The molecule has 28 heavy (non-hydrogen) atoms. The molecule has 2 aromatic carbocycles. The monoisotopic (exact) mass is 380 g/mol. The van der Waals surface area contributed by atoms with E-state index < -0.39 is 11.8 Å². The van der Waals surface area contributed by atoms with E-state index in [-0.39, 0.29) is 23.1 Å². The minimum absolute atomic E-state index is 0.0302. The van der Waals surface area contributed by atoms with Gasteiger partial charge in [-0.05, 0) is 43.2 Å². The minimum atomic E-state index is -0.474. The van der Waals surface area contributed by atoms with E-state index >= 15 is 0 Å². The van der Waals surface area contributed by atoms with Crippen molar-refractivity contribution in [3.63, 3.8) is 0 Å². The highest BCUT2D eigenvalue weighted by atomic mass is 16.5. The maximum Gasteiger partial charge on any atom is 0.266 e. The first-order valence-electron chi connectivity index (χ1n) is 9.16. The van der Waals surface area contributed by atoms with Crippen molar-refractivity contribution in [1.82, 2.24) is 5.32 Å². The summed E-state index contributed by atoms with van der Waals surface area (Å²) in [5.74, 6) is -0.782. The Hall–Kier alpha value is -3.19. The molecule has 4 rings (SSSR count). The van der Waals surface area contributed by atoms with Crippen LogP contribution in [0, 0.1) is 0 Å². The number of amides is 3. The second kappa shape index (κ2) is 7.44. The molecule has 1 N–H and O–H groups in total. The Balaban J connectivity index is 1.57. The molecule has 1 atom stereocenters. The Kier molecular flexibility index (Phi) is 4.83. The molecular weight excluding hydrogens is 360 g/mol. The van der Waals surface area contributed by atoms with Gasteiger partial charge in [-0.2, -0.15) is 0 Å². The number of para-hydroxylation sites is 2. The van der Waals surface area contributed by atoms with Gasteiger partial charge in [0.1, 0.15) is 5.75 Å². The number of benzene rings is 2. The highest BCUT2D eigenvalue weighted by Crippen LogP contribution is 2.34. The average Bonchev–Trinajstić information content (AvgIpc) is 3.33. The molecule has 0 bridgehead atoms. The summed E-state index contributed by atoms with van der Waals surface area (Å²) in [6, 6.07) is 11.4. The summed E-state index contributed by atoms with van der Waals surface area (Å²) in [6.07, 6.45) is 1.95. The first kappa shape index (κ1) is 18.2. The Morgan fingerprint density at radius 3 is 2.71 bits per heavy atom. The maximum absolute atomic E-state index is 12.9. The molecule has 144 valence electrons. The smallest absolute Gasteiger partial charge is 0.266 e. The molecule has 0 unspecified atom stereocenters. The van der Waals surface area contributed by atoms with Crippen LogP contribution in [-0.4, -0.2) is 44.1 Å². The molecule has 1 saturated heterocycles. The second-order valence-corrected chi connectivity index (χ2v) is 6.72. The number of ether oxygens (including phenoxy) is 2. The van der Waals surface area contributed by atoms with Crippen molar-refractivity contribution in [3.8, 4) is 5.75 Å². The number of nitrogens with one attached hydrogen (secondary N) is 1. The van der Waals surface area contributed by atoms with Gasteiger partial charge in [0.15, 0.2) is 0 Å². The fraction of sp³-hybridized carbons (Fsp3) is 0.286. The fourth-order valence-electron chi connectivity index (χ4n) is 3.53. The standard InChI is InChI=1S/C21H20N2O5/c1-27-18-7-3-2-6-17(18)23-20(25)15-9-8-13(11-16(15)21(23)26)19(24)22-12-14-5-4-10-28-14/h2-3,6-9,11,14H,4-5,10,12H2,1H3,(H,22,24)/t14-/m1/s1. The van der Waals surface area contributed by atoms with Crippen LogP contribution in [-0.2, 0) is 4.74 Å². The number of fused-ring (bicyclic) bond motifs is 1. The average molecular weight is 380 g/mol. The van der Waals surface area contributed by atoms with Gasteiger partial charge in [0.2, 0.25) is 0 Å². The van der Waals surface area contributed by atoms with Crippen LogP contribution in [0.5, 0.6) is 5.75 Å². The number of imide groups is 1. The highest BCUT2D eigenvalue weighted by molar-refractivity contribution is 6.35. The van der Waals surface area contributed by atoms with Crippen molar-refractivity contribution in [2.45, 2.75) is 18.9 Å². The third kappa shape index (κ3) is 3.14. The van der Waals surface area contributed by atoms with Crippen molar-refractivity contribution >= 4 is 23.4 Å². The van der Waals surface area contributed by atoms with E-state index in [1.165, 1.54) is 19.2 Å². The largest absolute Gasteiger partial charge is 0.495 e. The van der Waals surface area contributed by atoms with Gasteiger partial charge >= 0.3 is 0 Å². The molecule has 2 aromatic rings. The van der Waals surface area contributed by atoms with Crippen molar-refractivity contribution in [3.05, 3.63) is 59.2 Å². The van der Waals surface area contributed by atoms with Gasteiger partial charge in [-0.3, -0.25) is 14.4 Å². The van der Waals surface area contributed by atoms with Crippen molar-refractivity contribution in [2.75, 3.05) is 25.2 Å². The fourth-order valence-corrected chi connectivity index (χ4v) is 3.53. The van der Waals surface area contributed by atoms with Crippen LogP contribution in [0.2, 0.25) is 0 Å². The van der Waals surface area contributed by atoms with Gasteiger partial charge in [-0.25, -0.2) is 4.90 Å². The molecule has 1 fully saturated rings. The summed E-state index contributed by atoms with van der Waals surface area (Å²) < 4.78 is 10.8. The molecule has 0 radical (unpaired) electrons. The van der Waals surface area contributed by atoms with E-state index in [1.807, 2.05) is 0 Å². The van der Waals surface area contributed by atoms with Crippen LogP contribution in [0.4, 0.5) is 5.69 Å². The highest BCUT2D eigenvalue weighted by Gasteiger charge is 2.38. The van der Waals surface area contributed by atoms with Crippen LogP contribution in [0.15, 0.2) is 42.5 Å². The molecule has 3 amide bonds. The van der Waals surface area contributed by atoms with E-state index in [0.29, 0.717) is 23.5 Å². The first-order chi connectivity index (χ1) is 13.6. The molecule has 0 aliphatic carbocycles. The molecule has 0 spiro atoms. The Labute approximate surface area is 162 Å². The van der Waals surface area contributed by atoms with Crippen LogP contribution in [0.1, 0.15) is 43.9 Å². The summed E-state index contributed by atoms with van der Waals surface area (Å²) in [4.78, 5) is 39.2. The minimum Gasteiger partial charge on any atom is -0.495 e. The Morgan fingerprint density at radius 2 is 1.96 bits per heavy atom. The SMILES string of the molecule is COc1ccccc1N1C(=O)c2ccc(C(=O)NC[C@H]3CCCO3)cc2C1=O. The van der Waals surface area contributed by atoms with Crippen molar-refractivity contribution in [1.29, 1.82) is 0 Å². The van der Waals surface area contributed by atoms with Crippen molar-refractivity contribution in [2.24, 2.45) is 0 Å². The molecule has 7 heteroatoms. The summed E-state index contributed by atoms with van der Waals surface area (Å²) >= 11 is 0. The van der Waals surface area contributed by atoms with Crippen molar-refractivity contribution < 1.29 is 23.9 Å². The summed E-state index contributed by atoms with van der Waals surface area (Å²) in [7, 11) is 1.48. The molecule has 7 nitrogen and oxygen atoms in total. The lowest BCUT2D eigenvalue weighted by molar-refractivity contribution is 0.0857. The quantitative estimate of drug-likeness (QED) is 0.805. The molecule has 2 aliphatic rings. The normalized spacial score (nSPS) is 18.3. The predicted molar refractivity (Wildman–Crippen MR) is 102 cm³/mol. The number of anilines is 1. The summed E-state index contributed by atoms with van der Waals surface area (Å²) in [5.41, 5.74) is 1.19. The van der Waals surface area contributed by atoms with Gasteiger partial charge in [-0.1, -0.05) is 12.1 Å². The van der Waals surface area contributed by atoms with Gasteiger partial charge in [0.25, 0.3) is 17.7 Å². The lowest BCUT2D eigenvalue weighted by atomic mass is 10.1. The van der Waals surface area contributed by atoms with Crippen LogP contribution in [0.25, 0.3) is 0 Å². The van der Waals surface area contributed by atoms with E-state index in [4.69, 9.17) is 9.47 Å². The van der Waals surface area contributed by atoms with E-state index in [2.05, 4.69) is 5.32 Å². The topological polar surface area (TPSA) is 84.9 Å². The Morgan fingerprint density at radius 1 is 1.18 bits per heavy atom. The van der Waals surface area contributed by atoms with Crippen LogP contribution >= 0.6 is 0 Å². The third-order valence-corrected chi connectivity index (χ3v) is 4.99. The Bertz CT molecular complexity index is 950. The molecule has 2 heterocycles. The lowest BCUT2D eigenvalue weighted by Crippen LogP contribution is -2.31. The summed E-state index contributed by atoms with van der Waals surface area (Å²) in [5, 5.41) is 2.83. The molecule has 0 aromatic heterocycles. The third-order valence-electron chi connectivity index (χ3n) is 4.99. The molecular formula is C21H20N2O5. The molecule has 0 saturated carbocycles. The number of hydrogen-bond donors (Lipinski definition) is 1. The van der Waals surface area contributed by atoms with E-state index in [0.717, 1.165) is 24.3 Å². The van der Waals surface area contributed by atoms with Gasteiger partial charge < -0.3 is 14.8 Å². The second-order valence-electron chi connectivity index (χ2n) is 6.72. The lowest BCUT2D eigenvalue weighted by Gasteiger charge is -2.16. The maximum atomic E-state index is 12.9. The predicted octanol–water partition coefficient (Wildman–Crippen LogP) is 2.40. The number of hydrogen-bond acceptors (Lipinski definition) is 5. The van der Waals surface area contributed by atoms with Crippen LogP contribution in [0.3, 0.4) is 0 Å². The number of carbonyl (C=O) groups is 3.